The first-order valence-electron chi connectivity index (χ1n) is 35.2. The standard InChI is InChI=1S/2C36H49.3C4H8O.Na.2Sn/c2*1-21(2)29-17-31(23(5)6)35(32(18-29)24(7)8)27-14-13-15-28(16-27)36-33(25(9)10)19-30(22(3)4)20-34(36)26(11)12;3*1-2-4-5-3-1;;;/h2*13-15,17-26H,1-12H3;3*1-4H2;;;/q;;;;;+1;;-1. The molecule has 485 valence electrons. The van der Waals surface area contributed by atoms with Crippen LogP contribution < -0.4 is 36.7 Å². The zero-order valence-corrected chi connectivity index (χ0v) is 69.4. The fourth-order valence-corrected chi connectivity index (χ4v) is 14.9. The van der Waals surface area contributed by atoms with Gasteiger partial charge in [-0.05, 0) is 38.5 Å². The third kappa shape index (κ3) is 21.7. The molecule has 0 aliphatic carbocycles. The smallest absolute Gasteiger partial charge is 1.00 e. The fourth-order valence-electron chi connectivity index (χ4n) is 12.5. The van der Waals surface area contributed by atoms with Crippen LogP contribution in [0.15, 0.2) is 84.9 Å². The van der Waals surface area contributed by atoms with Crippen LogP contribution in [0.4, 0.5) is 0 Å². The Labute approximate surface area is 601 Å². The first-order chi connectivity index (χ1) is 42.0. The molecule has 3 saturated heterocycles. The Morgan fingerprint density at radius 1 is 0.278 bits per heavy atom. The quantitative estimate of drug-likeness (QED) is 0.0904. The minimum absolute atomic E-state index is 0. The molecule has 0 amide bonds. The summed E-state index contributed by atoms with van der Waals surface area (Å²) in [6.45, 7) is 62.3. The van der Waals surface area contributed by atoms with Gasteiger partial charge in [-0.2, -0.15) is 0 Å². The minimum Gasteiger partial charge on any atom is 1.00 e. The predicted octanol–water partition coefficient (Wildman–Crippen LogP) is 20.5. The Morgan fingerprint density at radius 3 is 0.589 bits per heavy atom. The number of rotatable bonds is 16. The molecule has 3 aliphatic heterocycles. The van der Waals surface area contributed by atoms with E-state index >= 15 is 0 Å². The summed E-state index contributed by atoms with van der Waals surface area (Å²) in [5.74, 6) is 5.96. The molecule has 6 aromatic carbocycles. The Bertz CT molecular complexity index is 2610. The van der Waals surface area contributed by atoms with E-state index in [1.807, 2.05) is 0 Å². The van der Waals surface area contributed by atoms with Crippen LogP contribution in [0.2, 0.25) is 0 Å². The third-order valence-corrected chi connectivity index (χ3v) is 21.3. The predicted molar refractivity (Wildman–Crippen MR) is 395 cm³/mol. The summed E-state index contributed by atoms with van der Waals surface area (Å²) in [7, 11) is 0. The molecule has 90 heavy (non-hydrogen) atoms. The summed E-state index contributed by atoms with van der Waals surface area (Å²) in [5.41, 5.74) is 29.6. The van der Waals surface area contributed by atoms with Crippen molar-refractivity contribution in [1.82, 2.24) is 0 Å². The average molecular weight is 1440 g/mol. The van der Waals surface area contributed by atoms with Crippen molar-refractivity contribution in [1.29, 1.82) is 0 Å². The molecule has 0 spiro atoms. The zero-order valence-electron chi connectivity index (χ0n) is 61.7. The van der Waals surface area contributed by atoms with Gasteiger partial charge in [0.05, 0.1) is 0 Å². The van der Waals surface area contributed by atoms with E-state index in [9.17, 15) is 0 Å². The molecule has 6 heteroatoms. The Balaban J connectivity index is 0.000000307. The summed E-state index contributed by atoms with van der Waals surface area (Å²) >= 11 is 2.97. The Morgan fingerprint density at radius 2 is 0.444 bits per heavy atom. The molecule has 3 nitrogen and oxygen atoms in total. The molecule has 0 atom stereocenters. The zero-order chi connectivity index (χ0) is 66.1. The molecule has 0 saturated carbocycles. The summed E-state index contributed by atoms with van der Waals surface area (Å²) in [5, 5.41) is 0. The Kier molecular flexibility index (Phi) is 34.3. The second-order valence-electron chi connectivity index (χ2n) is 29.6. The maximum atomic E-state index is 4.94. The molecule has 0 unspecified atom stereocenters. The largest absolute Gasteiger partial charge is 1.00 e. The number of hydrogen-bond donors (Lipinski definition) is 0. The van der Waals surface area contributed by atoms with E-state index in [-0.39, 0.29) is 29.6 Å². The van der Waals surface area contributed by atoms with Crippen LogP contribution in [0, 0.1) is 0 Å². The molecule has 5 radical (unpaired) electrons. The van der Waals surface area contributed by atoms with Gasteiger partial charge < -0.3 is 14.2 Å². The van der Waals surface area contributed by atoms with Crippen LogP contribution >= 0.6 is 0 Å². The maximum absolute atomic E-state index is 4.94. The molecular weight excluding hydrogens is 1320 g/mol. The van der Waals surface area contributed by atoms with Gasteiger partial charge in [-0.15, -0.1) is 0 Å². The van der Waals surface area contributed by atoms with Crippen molar-refractivity contribution in [3.63, 3.8) is 0 Å². The maximum Gasteiger partial charge on any atom is 1.00 e. The van der Waals surface area contributed by atoms with Crippen molar-refractivity contribution in [2.75, 3.05) is 39.6 Å². The minimum atomic E-state index is 0. The first kappa shape index (κ1) is 80.2. The van der Waals surface area contributed by atoms with Crippen molar-refractivity contribution in [2.24, 2.45) is 0 Å². The van der Waals surface area contributed by atoms with E-state index in [1.54, 1.807) is 0 Å². The van der Waals surface area contributed by atoms with E-state index in [0.717, 1.165) is 39.6 Å². The summed E-state index contributed by atoms with van der Waals surface area (Å²) in [6.07, 6.45) is 7.67. The number of benzene rings is 6. The fraction of sp³-hybridized carbons (Fsp3) is 0.571. The second kappa shape index (κ2) is 38.5. The number of ether oxygens (including phenoxy) is 3. The number of hydrogen-bond acceptors (Lipinski definition) is 3. The van der Waals surface area contributed by atoms with Gasteiger partial charge in [-0.1, -0.05) is 0 Å². The average Bonchev–Trinajstić information content (AvgIpc) is 0.994. The molecule has 0 aromatic heterocycles. The van der Waals surface area contributed by atoms with Gasteiger partial charge in [0.15, 0.2) is 0 Å². The van der Waals surface area contributed by atoms with Gasteiger partial charge in [0.2, 0.25) is 0 Å². The topological polar surface area (TPSA) is 27.7 Å². The molecule has 0 N–H and O–H groups in total. The third-order valence-electron chi connectivity index (χ3n) is 18.2. The van der Waals surface area contributed by atoms with Crippen LogP contribution in [0.1, 0.15) is 342 Å². The van der Waals surface area contributed by atoms with Gasteiger partial charge in [0.1, 0.15) is 0 Å². The molecule has 9 rings (SSSR count). The summed E-state index contributed by atoms with van der Waals surface area (Å²) in [6, 6.07) is 34.2. The van der Waals surface area contributed by atoms with Gasteiger partial charge in [0, 0.05) is 39.6 Å². The van der Waals surface area contributed by atoms with E-state index in [4.69, 9.17) is 14.2 Å². The van der Waals surface area contributed by atoms with Crippen LogP contribution in [0.3, 0.4) is 0 Å². The van der Waals surface area contributed by atoms with Crippen LogP contribution in [0.25, 0.3) is 44.5 Å². The molecule has 3 heterocycles. The summed E-state index contributed by atoms with van der Waals surface area (Å²) in [4.78, 5) is 0. The van der Waals surface area contributed by atoms with Gasteiger partial charge in [-0.25, -0.2) is 0 Å². The Hall–Kier alpha value is -2.20. The van der Waals surface area contributed by atoms with Gasteiger partial charge >= 0.3 is 515 Å². The molecule has 3 fully saturated rings. The van der Waals surface area contributed by atoms with Crippen molar-refractivity contribution in [3.05, 3.63) is 152 Å². The van der Waals surface area contributed by atoms with Crippen molar-refractivity contribution >= 4 is 52.2 Å². The van der Waals surface area contributed by atoms with Crippen LogP contribution in [-0.2, 0) is 14.2 Å². The van der Waals surface area contributed by atoms with E-state index in [2.05, 4.69) is 251 Å². The van der Waals surface area contributed by atoms with Gasteiger partial charge in [0.25, 0.3) is 0 Å². The second-order valence-corrected chi connectivity index (χ2v) is 32.4. The van der Waals surface area contributed by atoms with Crippen molar-refractivity contribution < 1.29 is 43.8 Å². The van der Waals surface area contributed by atoms with E-state index in [0.29, 0.717) is 71.0 Å². The van der Waals surface area contributed by atoms with Crippen LogP contribution in [-0.4, -0.2) is 84.7 Å². The molecule has 6 aromatic rings. The van der Waals surface area contributed by atoms with Crippen molar-refractivity contribution in [2.45, 2.75) is 276 Å². The summed E-state index contributed by atoms with van der Waals surface area (Å²) < 4.78 is 17.8. The van der Waals surface area contributed by atoms with E-state index < -0.39 is 0 Å². The van der Waals surface area contributed by atoms with Crippen molar-refractivity contribution in [3.8, 4) is 44.5 Å². The molecule has 3 aliphatic rings. The molecule has 0 bridgehead atoms. The van der Waals surface area contributed by atoms with Crippen LogP contribution in [0.5, 0.6) is 0 Å². The van der Waals surface area contributed by atoms with E-state index in [1.165, 1.54) is 202 Å². The SMILES string of the molecule is C1CCOC1.C1CCOC1.C1CCOC1.CC(C)c1cc(C(C)C)c(-c2cccc(-c3c(C(C)C)cc(C(C)C)cc3C(C)C)[c]2[Sn-])c(C(C)C)c1.CC(C)c1cc(C(C)C)c(-c2cccc(-c3c(C(C)C)cc(C(C)C)cc3C(C)C)[c]2[Sn])c(C(C)C)c1.[Na+]. The molecular formula is C84H122NaO3Sn2. The van der Waals surface area contributed by atoms with Gasteiger partial charge in [-0.3, -0.25) is 0 Å². The first-order valence-corrected chi connectivity index (χ1v) is 38.0. The monoisotopic (exact) mass is 1440 g/mol. The normalized spacial score (nSPS) is 14.1.